The highest BCUT2D eigenvalue weighted by Gasteiger charge is 2.28. The van der Waals surface area contributed by atoms with Crippen molar-refractivity contribution in [2.75, 3.05) is 6.61 Å². The van der Waals surface area contributed by atoms with Gasteiger partial charge in [-0.1, -0.05) is 30.3 Å². The first-order chi connectivity index (χ1) is 12.8. The van der Waals surface area contributed by atoms with Crippen molar-refractivity contribution in [1.82, 2.24) is 9.55 Å². The number of rotatable bonds is 5. The van der Waals surface area contributed by atoms with E-state index in [0.717, 1.165) is 11.8 Å². The molecule has 140 valence electrons. The van der Waals surface area contributed by atoms with Gasteiger partial charge in [-0.15, -0.1) is 0 Å². The average molecular weight is 353 g/mol. The summed E-state index contributed by atoms with van der Waals surface area (Å²) in [5.41, 5.74) is 1.53. The van der Waals surface area contributed by atoms with Crippen molar-refractivity contribution in [2.45, 2.75) is 69.7 Å². The molecule has 1 aromatic heterocycles. The van der Waals surface area contributed by atoms with Crippen molar-refractivity contribution in [2.24, 2.45) is 11.8 Å². The van der Waals surface area contributed by atoms with Crippen LogP contribution in [0.2, 0.25) is 0 Å². The van der Waals surface area contributed by atoms with Crippen molar-refractivity contribution in [3.8, 4) is 0 Å². The van der Waals surface area contributed by atoms with Gasteiger partial charge < -0.3 is 9.67 Å². The van der Waals surface area contributed by atoms with Crippen molar-refractivity contribution >= 4 is 0 Å². The Morgan fingerprint density at radius 3 is 2.08 bits per heavy atom. The van der Waals surface area contributed by atoms with E-state index in [1.54, 1.807) is 0 Å². The zero-order valence-electron chi connectivity index (χ0n) is 15.8. The van der Waals surface area contributed by atoms with E-state index in [1.807, 2.05) is 6.20 Å². The standard InChI is InChI=1S/C19H24N2.C4H8O/c1-2-4-16(5-3-1)17-8-10-18(11-9-17)19-20-12-13-21(19)14-15-6-7-15;5-3-4-1-2-4/h1-5,12-13,15,17-18H,6-11,14H2;4-5H,1-3H2. The third kappa shape index (κ3) is 4.76. The fourth-order valence-electron chi connectivity index (χ4n) is 4.12. The summed E-state index contributed by atoms with van der Waals surface area (Å²) >= 11 is 0. The lowest BCUT2D eigenvalue weighted by atomic mass is 9.78. The molecule has 2 aromatic rings. The quantitative estimate of drug-likeness (QED) is 0.811. The fraction of sp³-hybridized carbons (Fsp3) is 0.609. The molecule has 26 heavy (non-hydrogen) atoms. The molecule has 3 aliphatic rings. The first-order valence-corrected chi connectivity index (χ1v) is 10.5. The Balaban J connectivity index is 0.000000292. The summed E-state index contributed by atoms with van der Waals surface area (Å²) in [5.74, 6) is 4.41. The van der Waals surface area contributed by atoms with Crippen molar-refractivity contribution in [3.63, 3.8) is 0 Å². The lowest BCUT2D eigenvalue weighted by Crippen LogP contribution is -2.16. The Morgan fingerprint density at radius 1 is 0.846 bits per heavy atom. The lowest BCUT2D eigenvalue weighted by molar-refractivity contribution is 0.277. The Hall–Kier alpha value is -1.61. The van der Waals surface area contributed by atoms with Gasteiger partial charge in [0.15, 0.2) is 0 Å². The Bertz CT molecular complexity index is 665. The van der Waals surface area contributed by atoms with Crippen LogP contribution >= 0.6 is 0 Å². The lowest BCUT2D eigenvalue weighted by Gasteiger charge is -2.29. The molecule has 3 heteroatoms. The van der Waals surface area contributed by atoms with E-state index in [2.05, 4.69) is 46.1 Å². The first-order valence-electron chi connectivity index (χ1n) is 10.5. The van der Waals surface area contributed by atoms with Crippen LogP contribution in [0, 0.1) is 11.8 Å². The number of benzene rings is 1. The second-order valence-electron chi connectivity index (χ2n) is 8.47. The molecular weight excluding hydrogens is 320 g/mol. The average Bonchev–Trinajstić information content (AvgIpc) is 3.62. The summed E-state index contributed by atoms with van der Waals surface area (Å²) in [6.07, 6.45) is 14.8. The van der Waals surface area contributed by atoms with Gasteiger partial charge in [0.25, 0.3) is 0 Å². The minimum absolute atomic E-state index is 0.417. The van der Waals surface area contributed by atoms with Crippen molar-refractivity contribution in [3.05, 3.63) is 54.1 Å². The number of aromatic nitrogens is 2. The van der Waals surface area contributed by atoms with Gasteiger partial charge in [-0.2, -0.15) is 0 Å². The summed E-state index contributed by atoms with van der Waals surface area (Å²) < 4.78 is 2.44. The molecule has 0 atom stereocenters. The van der Waals surface area contributed by atoms with E-state index in [0.29, 0.717) is 18.4 Å². The molecule has 0 aliphatic heterocycles. The number of aliphatic hydroxyl groups excluding tert-OH is 1. The second-order valence-corrected chi connectivity index (χ2v) is 8.47. The Kier molecular flexibility index (Phi) is 5.74. The molecule has 3 nitrogen and oxygen atoms in total. The third-order valence-electron chi connectivity index (χ3n) is 6.22. The smallest absolute Gasteiger partial charge is 0.111 e. The SMILES string of the molecule is OCC1CC1.c1ccc(C2CCC(c3nccn3CC3CC3)CC2)cc1. The van der Waals surface area contributed by atoms with Crippen LogP contribution in [-0.4, -0.2) is 21.3 Å². The van der Waals surface area contributed by atoms with Gasteiger partial charge in [-0.05, 0) is 74.7 Å². The summed E-state index contributed by atoms with van der Waals surface area (Å²) in [6, 6.07) is 11.0. The van der Waals surface area contributed by atoms with Gasteiger partial charge in [0, 0.05) is 31.5 Å². The number of nitrogens with zero attached hydrogens (tertiary/aromatic N) is 2. The maximum Gasteiger partial charge on any atom is 0.111 e. The van der Waals surface area contributed by atoms with E-state index in [9.17, 15) is 0 Å². The Labute approximate surface area is 157 Å². The predicted octanol–water partition coefficient (Wildman–Crippen LogP) is 5.12. The van der Waals surface area contributed by atoms with E-state index < -0.39 is 0 Å². The van der Waals surface area contributed by atoms with E-state index in [4.69, 9.17) is 5.11 Å². The molecule has 1 aromatic carbocycles. The highest BCUT2D eigenvalue weighted by Crippen LogP contribution is 2.40. The van der Waals surface area contributed by atoms with E-state index in [-0.39, 0.29) is 0 Å². The molecular formula is C23H32N2O. The minimum Gasteiger partial charge on any atom is -0.396 e. The van der Waals surface area contributed by atoms with Gasteiger partial charge in [-0.25, -0.2) is 4.98 Å². The highest BCUT2D eigenvalue weighted by molar-refractivity contribution is 5.20. The summed E-state index contributed by atoms with van der Waals surface area (Å²) in [6.45, 7) is 1.62. The summed E-state index contributed by atoms with van der Waals surface area (Å²) in [4.78, 5) is 4.68. The fourth-order valence-corrected chi connectivity index (χ4v) is 4.12. The zero-order valence-corrected chi connectivity index (χ0v) is 15.8. The van der Waals surface area contributed by atoms with Crippen molar-refractivity contribution in [1.29, 1.82) is 0 Å². The van der Waals surface area contributed by atoms with Gasteiger partial charge in [0.1, 0.15) is 5.82 Å². The molecule has 5 rings (SSSR count). The van der Waals surface area contributed by atoms with Crippen LogP contribution in [0.3, 0.4) is 0 Å². The topological polar surface area (TPSA) is 38.1 Å². The molecule has 3 aliphatic carbocycles. The van der Waals surface area contributed by atoms with Gasteiger partial charge in [0.2, 0.25) is 0 Å². The van der Waals surface area contributed by atoms with Crippen LogP contribution in [0.1, 0.15) is 74.6 Å². The molecule has 1 N–H and O–H groups in total. The molecule has 1 heterocycles. The van der Waals surface area contributed by atoms with E-state index in [1.165, 1.54) is 69.3 Å². The summed E-state index contributed by atoms with van der Waals surface area (Å²) in [7, 11) is 0. The molecule has 3 saturated carbocycles. The Morgan fingerprint density at radius 2 is 1.50 bits per heavy atom. The van der Waals surface area contributed by atoms with Crippen LogP contribution in [0.5, 0.6) is 0 Å². The van der Waals surface area contributed by atoms with Crippen LogP contribution < -0.4 is 0 Å². The van der Waals surface area contributed by atoms with Gasteiger partial charge in [0.05, 0.1) is 0 Å². The molecule has 0 unspecified atom stereocenters. The van der Waals surface area contributed by atoms with Crippen LogP contribution in [0.15, 0.2) is 42.7 Å². The van der Waals surface area contributed by atoms with Crippen LogP contribution in [-0.2, 0) is 6.54 Å². The monoisotopic (exact) mass is 352 g/mol. The molecule has 3 fully saturated rings. The molecule has 0 saturated heterocycles. The second kappa shape index (κ2) is 8.39. The number of hydrogen-bond donors (Lipinski definition) is 1. The number of imidazole rings is 1. The van der Waals surface area contributed by atoms with Crippen LogP contribution in [0.25, 0.3) is 0 Å². The molecule has 0 bridgehead atoms. The third-order valence-corrected chi connectivity index (χ3v) is 6.22. The normalized spacial score (nSPS) is 25.4. The maximum atomic E-state index is 8.21. The minimum atomic E-state index is 0.417. The molecule has 0 radical (unpaired) electrons. The van der Waals surface area contributed by atoms with Gasteiger partial charge in [-0.3, -0.25) is 0 Å². The maximum absolute atomic E-state index is 8.21. The largest absolute Gasteiger partial charge is 0.396 e. The predicted molar refractivity (Wildman–Crippen MR) is 105 cm³/mol. The molecule has 0 amide bonds. The highest BCUT2D eigenvalue weighted by atomic mass is 16.3. The molecule has 0 spiro atoms. The van der Waals surface area contributed by atoms with E-state index >= 15 is 0 Å². The van der Waals surface area contributed by atoms with Crippen molar-refractivity contribution < 1.29 is 5.11 Å². The zero-order chi connectivity index (χ0) is 17.8. The number of aliphatic hydroxyl groups is 1. The van der Waals surface area contributed by atoms with Gasteiger partial charge >= 0.3 is 0 Å². The van der Waals surface area contributed by atoms with Crippen LogP contribution in [0.4, 0.5) is 0 Å². The summed E-state index contributed by atoms with van der Waals surface area (Å²) in [5, 5.41) is 8.21. The number of hydrogen-bond acceptors (Lipinski definition) is 2. The first kappa shape index (κ1) is 17.8.